The molecular weight excluding hydrogens is 312 g/mol. The number of piperidine rings is 1. The molecule has 0 saturated carbocycles. The number of likely N-dealkylation sites (tertiary alicyclic amines) is 1. The van der Waals surface area contributed by atoms with E-state index in [1.165, 1.54) is 4.68 Å². The first-order valence-electron chi connectivity index (χ1n) is 7.04. The van der Waals surface area contributed by atoms with Gasteiger partial charge in [0.2, 0.25) is 5.15 Å². The molecule has 0 spiro atoms. The van der Waals surface area contributed by atoms with Crippen LogP contribution in [-0.2, 0) is 4.74 Å². The lowest BCUT2D eigenvalue weighted by atomic mass is 10.1. The van der Waals surface area contributed by atoms with E-state index in [1.807, 2.05) is 0 Å². The van der Waals surface area contributed by atoms with E-state index in [4.69, 9.17) is 16.3 Å². The summed E-state index contributed by atoms with van der Waals surface area (Å²) in [4.78, 5) is 24.0. The third-order valence-electron chi connectivity index (χ3n) is 3.31. The van der Waals surface area contributed by atoms with Crippen molar-refractivity contribution in [3.05, 3.63) is 21.5 Å². The fourth-order valence-corrected chi connectivity index (χ4v) is 2.66. The maximum Gasteiger partial charge on any atom is 0.410 e. The van der Waals surface area contributed by atoms with Gasteiger partial charge < -0.3 is 9.64 Å². The van der Waals surface area contributed by atoms with E-state index >= 15 is 0 Å². The fraction of sp³-hybridized carbons (Fsp3) is 0.692. The monoisotopic (exact) mass is 330 g/mol. The molecule has 1 aromatic heterocycles. The van der Waals surface area contributed by atoms with Gasteiger partial charge in [-0.15, -0.1) is 0 Å². The number of nitrogens with zero attached hydrogens (tertiary/aromatic N) is 4. The lowest BCUT2D eigenvalue weighted by Crippen LogP contribution is -2.43. The first-order chi connectivity index (χ1) is 10.2. The first-order valence-corrected chi connectivity index (χ1v) is 7.42. The van der Waals surface area contributed by atoms with Gasteiger partial charge >= 0.3 is 11.8 Å². The van der Waals surface area contributed by atoms with E-state index in [1.54, 1.807) is 25.7 Å². The van der Waals surface area contributed by atoms with Crippen LogP contribution in [-0.4, -0.2) is 44.4 Å². The summed E-state index contributed by atoms with van der Waals surface area (Å²) in [6, 6.07) is -0.192. The second-order valence-corrected chi connectivity index (χ2v) is 6.60. The van der Waals surface area contributed by atoms with E-state index in [0.29, 0.717) is 13.1 Å². The Labute approximate surface area is 133 Å². The van der Waals surface area contributed by atoms with Crippen molar-refractivity contribution in [3.8, 4) is 0 Å². The number of nitro groups is 1. The van der Waals surface area contributed by atoms with Crippen LogP contribution in [0.5, 0.6) is 0 Å². The fourth-order valence-electron chi connectivity index (χ4n) is 2.36. The van der Waals surface area contributed by atoms with Crippen LogP contribution in [0.4, 0.5) is 10.5 Å². The summed E-state index contributed by atoms with van der Waals surface area (Å²) in [6.07, 6.45) is 2.25. The van der Waals surface area contributed by atoms with Gasteiger partial charge in [0.1, 0.15) is 11.8 Å². The second-order valence-electron chi connectivity index (χ2n) is 6.24. The highest BCUT2D eigenvalue weighted by Gasteiger charge is 2.31. The molecular formula is C13H19ClN4O4. The highest BCUT2D eigenvalue weighted by atomic mass is 35.5. The van der Waals surface area contributed by atoms with Crippen LogP contribution in [0.3, 0.4) is 0 Å². The highest BCUT2D eigenvalue weighted by Crippen LogP contribution is 2.30. The lowest BCUT2D eigenvalue weighted by molar-refractivity contribution is -0.384. The van der Waals surface area contributed by atoms with Gasteiger partial charge in [-0.3, -0.25) is 10.1 Å². The van der Waals surface area contributed by atoms with Crippen molar-refractivity contribution in [2.45, 2.75) is 45.3 Å². The Morgan fingerprint density at radius 2 is 2.23 bits per heavy atom. The normalized spacial score (nSPS) is 19.1. The molecule has 2 rings (SSSR count). The zero-order chi connectivity index (χ0) is 16.5. The van der Waals surface area contributed by atoms with Gasteiger partial charge in [-0.05, 0) is 33.6 Å². The Bertz CT molecular complexity index is 581. The van der Waals surface area contributed by atoms with Crippen LogP contribution in [0.15, 0.2) is 6.20 Å². The molecule has 0 radical (unpaired) electrons. The predicted molar refractivity (Wildman–Crippen MR) is 80.0 cm³/mol. The molecule has 1 saturated heterocycles. The summed E-state index contributed by atoms with van der Waals surface area (Å²) in [5, 5.41) is 14.8. The second kappa shape index (κ2) is 6.12. The summed E-state index contributed by atoms with van der Waals surface area (Å²) in [7, 11) is 0. The lowest BCUT2D eigenvalue weighted by Gasteiger charge is -2.34. The topological polar surface area (TPSA) is 90.5 Å². The maximum absolute atomic E-state index is 12.1. The largest absolute Gasteiger partial charge is 0.444 e. The van der Waals surface area contributed by atoms with Crippen LogP contribution in [0, 0.1) is 10.1 Å². The van der Waals surface area contributed by atoms with Gasteiger partial charge in [-0.2, -0.15) is 5.10 Å². The van der Waals surface area contributed by atoms with Crippen molar-refractivity contribution in [3.63, 3.8) is 0 Å². The van der Waals surface area contributed by atoms with Gasteiger partial charge in [-0.25, -0.2) is 9.48 Å². The van der Waals surface area contributed by atoms with Crippen molar-refractivity contribution in [1.29, 1.82) is 0 Å². The molecule has 2 heterocycles. The van der Waals surface area contributed by atoms with E-state index < -0.39 is 16.6 Å². The minimum Gasteiger partial charge on any atom is -0.444 e. The summed E-state index contributed by atoms with van der Waals surface area (Å²) in [5.74, 6) is 0. The van der Waals surface area contributed by atoms with Gasteiger partial charge in [0.15, 0.2) is 0 Å². The number of carbonyl (C=O) groups is 1. The van der Waals surface area contributed by atoms with Crippen molar-refractivity contribution >= 4 is 23.4 Å². The molecule has 1 atom stereocenters. The van der Waals surface area contributed by atoms with E-state index in [9.17, 15) is 14.9 Å². The molecule has 1 aliphatic rings. The Balaban J connectivity index is 2.11. The number of hydrogen-bond acceptors (Lipinski definition) is 5. The van der Waals surface area contributed by atoms with E-state index in [2.05, 4.69) is 5.10 Å². The van der Waals surface area contributed by atoms with Gasteiger partial charge in [0, 0.05) is 13.1 Å². The van der Waals surface area contributed by atoms with Crippen LogP contribution in [0.1, 0.15) is 39.7 Å². The zero-order valence-electron chi connectivity index (χ0n) is 12.8. The van der Waals surface area contributed by atoms with Crippen LogP contribution in [0.2, 0.25) is 5.15 Å². The Hall–Kier alpha value is -1.83. The Morgan fingerprint density at radius 3 is 2.77 bits per heavy atom. The van der Waals surface area contributed by atoms with Gasteiger partial charge in [0.05, 0.1) is 11.0 Å². The highest BCUT2D eigenvalue weighted by molar-refractivity contribution is 6.31. The number of ether oxygens (including phenoxy) is 1. The Morgan fingerprint density at radius 1 is 1.55 bits per heavy atom. The molecule has 0 bridgehead atoms. The molecule has 1 amide bonds. The van der Waals surface area contributed by atoms with Crippen LogP contribution in [0.25, 0.3) is 0 Å². The minimum atomic E-state index is -0.569. The first kappa shape index (κ1) is 16.5. The SMILES string of the molecule is CC(C)(C)OC(=O)N1CCC[C@@H](n2ncc([N+](=O)[O-])c2Cl)C1. The van der Waals surface area contributed by atoms with Crippen LogP contribution < -0.4 is 0 Å². The zero-order valence-corrected chi connectivity index (χ0v) is 13.5. The van der Waals surface area contributed by atoms with Crippen molar-refractivity contribution in [2.24, 2.45) is 0 Å². The number of halogens is 1. The summed E-state index contributed by atoms with van der Waals surface area (Å²) >= 11 is 6.01. The number of rotatable bonds is 2. The summed E-state index contributed by atoms with van der Waals surface area (Å²) in [5.41, 5.74) is -0.789. The maximum atomic E-state index is 12.1. The molecule has 122 valence electrons. The van der Waals surface area contributed by atoms with E-state index in [0.717, 1.165) is 19.0 Å². The third kappa shape index (κ3) is 3.68. The molecule has 0 aromatic carbocycles. The molecule has 0 N–H and O–H groups in total. The van der Waals surface area contributed by atoms with E-state index in [-0.39, 0.29) is 16.9 Å². The molecule has 8 nitrogen and oxygen atoms in total. The third-order valence-corrected chi connectivity index (χ3v) is 3.67. The van der Waals surface area contributed by atoms with Crippen molar-refractivity contribution in [2.75, 3.05) is 13.1 Å². The minimum absolute atomic E-state index is 0.0129. The molecule has 22 heavy (non-hydrogen) atoms. The molecule has 0 unspecified atom stereocenters. The summed E-state index contributed by atoms with van der Waals surface area (Å²) in [6.45, 7) is 6.38. The number of hydrogen-bond donors (Lipinski definition) is 0. The van der Waals surface area contributed by atoms with Gasteiger partial charge in [0.25, 0.3) is 0 Å². The Kier molecular flexibility index (Phi) is 4.60. The summed E-state index contributed by atoms with van der Waals surface area (Å²) < 4.78 is 6.76. The molecule has 0 aliphatic carbocycles. The predicted octanol–water partition coefficient (Wildman–Crippen LogP) is 3.02. The number of aromatic nitrogens is 2. The van der Waals surface area contributed by atoms with Gasteiger partial charge in [-0.1, -0.05) is 11.6 Å². The standard InChI is InChI=1S/C13H19ClN4O4/c1-13(2,3)22-12(19)16-6-4-5-9(8-16)17-11(14)10(7-15-17)18(20)21/h7,9H,4-6,8H2,1-3H3/t9-/m1/s1. The average Bonchev–Trinajstić information content (AvgIpc) is 2.79. The van der Waals surface area contributed by atoms with Crippen molar-refractivity contribution < 1.29 is 14.5 Å². The smallest absolute Gasteiger partial charge is 0.410 e. The number of amides is 1. The quantitative estimate of drug-likeness (QED) is 0.614. The molecule has 1 aromatic rings. The number of carbonyl (C=O) groups excluding carboxylic acids is 1. The molecule has 1 fully saturated rings. The van der Waals surface area contributed by atoms with Crippen molar-refractivity contribution in [1.82, 2.24) is 14.7 Å². The average molecular weight is 331 g/mol. The molecule has 1 aliphatic heterocycles. The van der Waals surface area contributed by atoms with Crippen LogP contribution >= 0.6 is 11.6 Å². The molecule has 9 heteroatoms.